The van der Waals surface area contributed by atoms with Gasteiger partial charge in [0.2, 0.25) is 5.95 Å². The number of carbonyl (C=O) groups excluding carboxylic acids is 1. The first-order valence-electron chi connectivity index (χ1n) is 10.1. The van der Waals surface area contributed by atoms with E-state index in [2.05, 4.69) is 25.9 Å². The number of aryl methyl sites for hydroxylation is 2. The number of rotatable bonds is 6. The smallest absolute Gasteiger partial charge is 0.255 e. The Morgan fingerprint density at radius 2 is 1.44 bits per heavy atom. The second kappa shape index (κ2) is 9.26. The van der Waals surface area contributed by atoms with E-state index in [1.165, 1.54) is 23.8 Å². The second-order valence-electron chi connectivity index (χ2n) is 7.38. The van der Waals surface area contributed by atoms with Crippen molar-refractivity contribution in [3.05, 3.63) is 102 Å². The average Bonchev–Trinajstić information content (AvgIpc) is 2.76. The SMILES string of the molecule is Cc1ccc(Nc2cc(C)nc(Nc3ccc(NC(=O)c4cccc(F)c4)cc3)n2)cc1. The van der Waals surface area contributed by atoms with Crippen molar-refractivity contribution in [3.8, 4) is 0 Å². The van der Waals surface area contributed by atoms with E-state index >= 15 is 0 Å². The monoisotopic (exact) mass is 427 g/mol. The Morgan fingerprint density at radius 3 is 2.16 bits per heavy atom. The molecule has 4 rings (SSSR count). The lowest BCUT2D eigenvalue weighted by atomic mass is 10.2. The van der Waals surface area contributed by atoms with Crippen LogP contribution in [0.5, 0.6) is 0 Å². The van der Waals surface area contributed by atoms with Gasteiger partial charge in [0, 0.05) is 34.4 Å². The highest BCUT2D eigenvalue weighted by atomic mass is 19.1. The molecule has 0 aliphatic heterocycles. The van der Waals surface area contributed by atoms with Crippen LogP contribution in [0.4, 0.5) is 33.2 Å². The summed E-state index contributed by atoms with van der Waals surface area (Å²) in [5, 5.41) is 9.21. The molecule has 3 aromatic carbocycles. The van der Waals surface area contributed by atoms with Crippen molar-refractivity contribution in [2.75, 3.05) is 16.0 Å². The number of halogens is 1. The third kappa shape index (κ3) is 5.46. The maximum Gasteiger partial charge on any atom is 0.255 e. The summed E-state index contributed by atoms with van der Waals surface area (Å²) in [5.41, 5.74) is 4.56. The van der Waals surface area contributed by atoms with Crippen molar-refractivity contribution in [1.82, 2.24) is 9.97 Å². The topological polar surface area (TPSA) is 78.9 Å². The van der Waals surface area contributed by atoms with Gasteiger partial charge in [-0.3, -0.25) is 4.79 Å². The molecule has 0 saturated carbocycles. The Kier molecular flexibility index (Phi) is 6.07. The number of hydrogen-bond donors (Lipinski definition) is 3. The van der Waals surface area contributed by atoms with Crippen molar-refractivity contribution in [1.29, 1.82) is 0 Å². The molecule has 1 amide bonds. The van der Waals surface area contributed by atoms with Crippen LogP contribution in [0.25, 0.3) is 0 Å². The third-order valence-corrected chi connectivity index (χ3v) is 4.66. The minimum Gasteiger partial charge on any atom is -0.340 e. The Bertz CT molecular complexity index is 1240. The molecule has 0 aliphatic carbocycles. The summed E-state index contributed by atoms with van der Waals surface area (Å²) in [7, 11) is 0. The number of benzene rings is 3. The van der Waals surface area contributed by atoms with Crippen LogP contribution in [0, 0.1) is 19.7 Å². The molecular weight excluding hydrogens is 405 g/mol. The zero-order valence-electron chi connectivity index (χ0n) is 17.7. The molecule has 1 heterocycles. The molecule has 0 atom stereocenters. The molecule has 0 bridgehead atoms. The van der Waals surface area contributed by atoms with Gasteiger partial charge in [0.1, 0.15) is 11.6 Å². The van der Waals surface area contributed by atoms with E-state index in [0.29, 0.717) is 17.5 Å². The summed E-state index contributed by atoms with van der Waals surface area (Å²) in [6.07, 6.45) is 0. The van der Waals surface area contributed by atoms with E-state index < -0.39 is 5.82 Å². The highest BCUT2D eigenvalue weighted by Crippen LogP contribution is 2.21. The maximum absolute atomic E-state index is 13.3. The lowest BCUT2D eigenvalue weighted by molar-refractivity contribution is 0.102. The predicted molar refractivity (Wildman–Crippen MR) is 125 cm³/mol. The quantitative estimate of drug-likeness (QED) is 0.353. The number of nitrogens with one attached hydrogen (secondary N) is 3. The van der Waals surface area contributed by atoms with Gasteiger partial charge in [-0.15, -0.1) is 0 Å². The van der Waals surface area contributed by atoms with E-state index in [1.54, 1.807) is 30.3 Å². The lowest BCUT2D eigenvalue weighted by Gasteiger charge is -2.11. The van der Waals surface area contributed by atoms with Crippen LogP contribution < -0.4 is 16.0 Å². The number of anilines is 5. The largest absolute Gasteiger partial charge is 0.340 e. The molecule has 0 unspecified atom stereocenters. The Hall–Kier alpha value is -4.26. The first-order valence-corrected chi connectivity index (χ1v) is 10.1. The minimum absolute atomic E-state index is 0.258. The molecule has 0 radical (unpaired) electrons. The summed E-state index contributed by atoms with van der Waals surface area (Å²) in [6.45, 7) is 3.94. The molecule has 0 saturated heterocycles. The van der Waals surface area contributed by atoms with Crippen LogP contribution in [0.1, 0.15) is 21.6 Å². The van der Waals surface area contributed by atoms with Crippen molar-refractivity contribution >= 4 is 34.7 Å². The molecule has 0 fully saturated rings. The normalized spacial score (nSPS) is 10.5. The molecule has 7 heteroatoms. The zero-order chi connectivity index (χ0) is 22.5. The first-order chi connectivity index (χ1) is 15.4. The van der Waals surface area contributed by atoms with Gasteiger partial charge in [-0.1, -0.05) is 23.8 Å². The van der Waals surface area contributed by atoms with Crippen LogP contribution >= 0.6 is 0 Å². The summed E-state index contributed by atoms with van der Waals surface area (Å²) in [4.78, 5) is 21.2. The minimum atomic E-state index is -0.452. The Balaban J connectivity index is 1.43. The van der Waals surface area contributed by atoms with E-state index in [1.807, 2.05) is 44.2 Å². The summed E-state index contributed by atoms with van der Waals surface area (Å²) >= 11 is 0. The molecule has 4 aromatic rings. The fraction of sp³-hybridized carbons (Fsp3) is 0.0800. The number of amides is 1. The van der Waals surface area contributed by atoms with Gasteiger partial charge in [-0.25, -0.2) is 9.37 Å². The van der Waals surface area contributed by atoms with Crippen molar-refractivity contribution < 1.29 is 9.18 Å². The average molecular weight is 427 g/mol. The van der Waals surface area contributed by atoms with Gasteiger partial charge in [0.25, 0.3) is 5.91 Å². The molecule has 0 aliphatic rings. The van der Waals surface area contributed by atoms with Crippen LogP contribution in [-0.4, -0.2) is 15.9 Å². The Labute approximate surface area is 185 Å². The van der Waals surface area contributed by atoms with E-state index in [4.69, 9.17) is 0 Å². The molecule has 1 aromatic heterocycles. The maximum atomic E-state index is 13.3. The lowest BCUT2D eigenvalue weighted by Crippen LogP contribution is -2.12. The highest BCUT2D eigenvalue weighted by Gasteiger charge is 2.08. The zero-order valence-corrected chi connectivity index (χ0v) is 17.7. The van der Waals surface area contributed by atoms with Gasteiger partial charge < -0.3 is 16.0 Å². The van der Waals surface area contributed by atoms with Crippen molar-refractivity contribution in [3.63, 3.8) is 0 Å². The standard InChI is InChI=1S/C25H22FN5O/c1-16-6-8-20(9-7-16)28-23-14-17(2)27-25(31-23)30-22-12-10-21(11-13-22)29-24(32)18-4-3-5-19(26)15-18/h3-15H,1-2H3,(H,29,32)(H2,27,28,30,31). The van der Waals surface area contributed by atoms with Crippen molar-refractivity contribution in [2.45, 2.75) is 13.8 Å². The second-order valence-corrected chi connectivity index (χ2v) is 7.38. The molecule has 160 valence electrons. The first kappa shape index (κ1) is 21.0. The molecular formula is C25H22FN5O. The molecule has 3 N–H and O–H groups in total. The fourth-order valence-corrected chi connectivity index (χ4v) is 3.07. The molecule has 32 heavy (non-hydrogen) atoms. The van der Waals surface area contributed by atoms with Gasteiger partial charge in [-0.05, 0) is 68.4 Å². The summed E-state index contributed by atoms with van der Waals surface area (Å²) < 4.78 is 13.3. The fourth-order valence-electron chi connectivity index (χ4n) is 3.07. The molecule has 6 nitrogen and oxygen atoms in total. The summed E-state index contributed by atoms with van der Waals surface area (Å²) in [6, 6.07) is 22.6. The molecule has 0 spiro atoms. The highest BCUT2D eigenvalue weighted by molar-refractivity contribution is 6.04. The van der Waals surface area contributed by atoms with Crippen LogP contribution in [0.15, 0.2) is 78.9 Å². The third-order valence-electron chi connectivity index (χ3n) is 4.66. The van der Waals surface area contributed by atoms with Gasteiger partial charge in [0.15, 0.2) is 0 Å². The summed E-state index contributed by atoms with van der Waals surface area (Å²) in [5.74, 6) is 0.310. The van der Waals surface area contributed by atoms with E-state index in [0.717, 1.165) is 17.1 Å². The Morgan fingerprint density at radius 1 is 0.781 bits per heavy atom. The van der Waals surface area contributed by atoms with E-state index in [-0.39, 0.29) is 11.5 Å². The number of aromatic nitrogens is 2. The van der Waals surface area contributed by atoms with E-state index in [9.17, 15) is 9.18 Å². The van der Waals surface area contributed by atoms with Crippen molar-refractivity contribution in [2.24, 2.45) is 0 Å². The number of hydrogen-bond acceptors (Lipinski definition) is 5. The van der Waals surface area contributed by atoms with Crippen LogP contribution in [0.2, 0.25) is 0 Å². The van der Waals surface area contributed by atoms with Gasteiger partial charge in [0.05, 0.1) is 0 Å². The van der Waals surface area contributed by atoms with Crippen LogP contribution in [-0.2, 0) is 0 Å². The van der Waals surface area contributed by atoms with Crippen LogP contribution in [0.3, 0.4) is 0 Å². The number of carbonyl (C=O) groups is 1. The number of nitrogens with zero attached hydrogens (tertiary/aromatic N) is 2. The van der Waals surface area contributed by atoms with Gasteiger partial charge in [-0.2, -0.15) is 4.98 Å². The predicted octanol–water partition coefficient (Wildman–Crippen LogP) is 5.97. The van der Waals surface area contributed by atoms with Gasteiger partial charge >= 0.3 is 0 Å².